The molecular weight excluding hydrogens is 334 g/mol. The number of ether oxygens (including phenoxy) is 1. The van der Waals surface area contributed by atoms with Crippen LogP contribution in [0.5, 0.6) is 5.75 Å². The van der Waals surface area contributed by atoms with E-state index < -0.39 is 0 Å². The summed E-state index contributed by atoms with van der Waals surface area (Å²) >= 11 is 0. The minimum Gasteiger partial charge on any atom is -0.492 e. The van der Waals surface area contributed by atoms with Gasteiger partial charge in [-0.3, -0.25) is 4.90 Å². The topological polar surface area (TPSA) is 30.3 Å². The average molecular weight is 364 g/mol. The molecule has 1 atom stereocenters. The summed E-state index contributed by atoms with van der Waals surface area (Å²) in [5, 5.41) is 0. The van der Waals surface area contributed by atoms with Gasteiger partial charge in [0.15, 0.2) is 0 Å². The lowest BCUT2D eigenvalue weighted by Gasteiger charge is -2.24. The van der Waals surface area contributed by atoms with Gasteiger partial charge in [-0.25, -0.2) is 4.98 Å². The zero-order valence-corrected chi connectivity index (χ0v) is 16.4. The van der Waals surface area contributed by atoms with E-state index in [4.69, 9.17) is 9.72 Å². The SMILES string of the molecule is CCc1ccc(OCCn2c(C(C)N3CCCC3)nc3ccccc32)cc1. The first-order valence-corrected chi connectivity index (χ1v) is 10.2. The molecule has 0 spiro atoms. The van der Waals surface area contributed by atoms with Crippen LogP contribution in [0.15, 0.2) is 48.5 Å². The van der Waals surface area contributed by atoms with Crippen LogP contribution < -0.4 is 4.74 Å². The highest BCUT2D eigenvalue weighted by atomic mass is 16.5. The molecule has 0 N–H and O–H groups in total. The minimum absolute atomic E-state index is 0.337. The molecule has 1 unspecified atom stereocenters. The van der Waals surface area contributed by atoms with Gasteiger partial charge in [-0.05, 0) is 69.1 Å². The number of nitrogens with zero attached hydrogens (tertiary/aromatic N) is 3. The van der Waals surface area contributed by atoms with Crippen LogP contribution in [0.2, 0.25) is 0 Å². The van der Waals surface area contributed by atoms with E-state index in [1.165, 1.54) is 37.0 Å². The smallest absolute Gasteiger partial charge is 0.127 e. The Labute approximate surface area is 161 Å². The predicted octanol–water partition coefficient (Wildman–Crippen LogP) is 4.83. The Kier molecular flexibility index (Phi) is 5.44. The van der Waals surface area contributed by atoms with E-state index in [1.54, 1.807) is 0 Å². The number of likely N-dealkylation sites (tertiary alicyclic amines) is 1. The molecule has 0 radical (unpaired) electrons. The molecule has 0 aliphatic carbocycles. The van der Waals surface area contributed by atoms with E-state index in [9.17, 15) is 0 Å². The molecule has 0 amide bonds. The Hall–Kier alpha value is -2.33. The summed E-state index contributed by atoms with van der Waals surface area (Å²) in [4.78, 5) is 7.51. The van der Waals surface area contributed by atoms with Crippen molar-refractivity contribution in [2.75, 3.05) is 19.7 Å². The maximum absolute atomic E-state index is 6.03. The van der Waals surface area contributed by atoms with Crippen LogP contribution in [0, 0.1) is 0 Å². The van der Waals surface area contributed by atoms with Gasteiger partial charge in [-0.1, -0.05) is 31.2 Å². The maximum Gasteiger partial charge on any atom is 0.127 e. The van der Waals surface area contributed by atoms with Crippen LogP contribution in [-0.4, -0.2) is 34.1 Å². The van der Waals surface area contributed by atoms with Crippen molar-refractivity contribution in [1.29, 1.82) is 0 Å². The van der Waals surface area contributed by atoms with Crippen LogP contribution in [0.25, 0.3) is 11.0 Å². The summed E-state index contributed by atoms with van der Waals surface area (Å²) < 4.78 is 8.37. The normalized spacial score (nSPS) is 16.1. The van der Waals surface area contributed by atoms with E-state index in [-0.39, 0.29) is 0 Å². The largest absolute Gasteiger partial charge is 0.492 e. The number of fused-ring (bicyclic) bond motifs is 1. The van der Waals surface area contributed by atoms with E-state index >= 15 is 0 Å². The molecule has 3 aromatic rings. The maximum atomic E-state index is 6.03. The number of hydrogen-bond donors (Lipinski definition) is 0. The number of imidazole rings is 1. The zero-order chi connectivity index (χ0) is 18.6. The third-order valence-corrected chi connectivity index (χ3v) is 5.66. The highest BCUT2D eigenvalue weighted by Crippen LogP contribution is 2.27. The van der Waals surface area contributed by atoms with Crippen molar-refractivity contribution >= 4 is 11.0 Å². The number of para-hydroxylation sites is 2. The van der Waals surface area contributed by atoms with E-state index in [0.29, 0.717) is 12.6 Å². The van der Waals surface area contributed by atoms with Crippen molar-refractivity contribution in [2.45, 2.75) is 45.7 Å². The van der Waals surface area contributed by atoms with Crippen molar-refractivity contribution in [3.8, 4) is 5.75 Å². The summed E-state index contributed by atoms with van der Waals surface area (Å²) in [5.74, 6) is 2.09. The summed E-state index contributed by atoms with van der Waals surface area (Å²) in [6.07, 6.45) is 3.64. The summed E-state index contributed by atoms with van der Waals surface area (Å²) in [6.45, 7) is 8.25. The molecule has 1 aliphatic heterocycles. The molecule has 1 fully saturated rings. The van der Waals surface area contributed by atoms with Crippen molar-refractivity contribution in [1.82, 2.24) is 14.5 Å². The summed E-state index contributed by atoms with van der Waals surface area (Å²) in [6, 6.07) is 17.2. The molecule has 27 heavy (non-hydrogen) atoms. The number of rotatable bonds is 7. The van der Waals surface area contributed by atoms with Gasteiger partial charge in [-0.15, -0.1) is 0 Å². The highest BCUT2D eigenvalue weighted by molar-refractivity contribution is 5.76. The standard InChI is InChI=1S/C23H29N3O/c1-3-19-10-12-20(13-11-19)27-17-16-26-22-9-5-4-8-21(22)24-23(26)18(2)25-14-6-7-15-25/h4-5,8-13,18H,3,6-7,14-17H2,1-2H3. The fourth-order valence-corrected chi connectivity index (χ4v) is 4.02. The molecule has 2 heterocycles. The van der Waals surface area contributed by atoms with Crippen LogP contribution in [0.3, 0.4) is 0 Å². The molecule has 1 aliphatic rings. The monoisotopic (exact) mass is 363 g/mol. The second-order valence-electron chi connectivity index (χ2n) is 7.38. The van der Waals surface area contributed by atoms with E-state index in [1.807, 2.05) is 0 Å². The van der Waals surface area contributed by atoms with Gasteiger partial charge in [0.1, 0.15) is 18.2 Å². The van der Waals surface area contributed by atoms with Gasteiger partial charge < -0.3 is 9.30 Å². The lowest BCUT2D eigenvalue weighted by molar-refractivity contribution is 0.241. The van der Waals surface area contributed by atoms with Crippen LogP contribution >= 0.6 is 0 Å². The molecule has 4 nitrogen and oxygen atoms in total. The lowest BCUT2D eigenvalue weighted by Crippen LogP contribution is -2.26. The number of aromatic nitrogens is 2. The fraction of sp³-hybridized carbons (Fsp3) is 0.435. The van der Waals surface area contributed by atoms with Crippen LogP contribution in [0.4, 0.5) is 0 Å². The molecule has 0 bridgehead atoms. The molecule has 4 heteroatoms. The Morgan fingerprint density at radius 3 is 2.52 bits per heavy atom. The van der Waals surface area contributed by atoms with Crippen molar-refractivity contribution in [2.24, 2.45) is 0 Å². The molecule has 142 valence electrons. The fourth-order valence-electron chi connectivity index (χ4n) is 4.02. The van der Waals surface area contributed by atoms with E-state index in [2.05, 4.69) is 71.8 Å². The first kappa shape index (κ1) is 18.1. The number of aryl methyl sites for hydroxylation is 1. The zero-order valence-electron chi connectivity index (χ0n) is 16.4. The van der Waals surface area contributed by atoms with Crippen molar-refractivity contribution in [3.63, 3.8) is 0 Å². The third kappa shape index (κ3) is 3.86. The molecule has 4 rings (SSSR count). The Morgan fingerprint density at radius 1 is 1.04 bits per heavy atom. The van der Waals surface area contributed by atoms with Gasteiger partial charge in [-0.2, -0.15) is 0 Å². The quantitative estimate of drug-likeness (QED) is 0.602. The minimum atomic E-state index is 0.337. The van der Waals surface area contributed by atoms with E-state index in [0.717, 1.165) is 30.1 Å². The highest BCUT2D eigenvalue weighted by Gasteiger charge is 2.24. The first-order valence-electron chi connectivity index (χ1n) is 10.2. The lowest BCUT2D eigenvalue weighted by atomic mass is 10.2. The molecule has 0 saturated carbocycles. The summed E-state index contributed by atoms with van der Waals surface area (Å²) in [7, 11) is 0. The van der Waals surface area contributed by atoms with Gasteiger partial charge in [0.2, 0.25) is 0 Å². The predicted molar refractivity (Wildman–Crippen MR) is 110 cm³/mol. The van der Waals surface area contributed by atoms with Gasteiger partial charge in [0.05, 0.1) is 23.6 Å². The Morgan fingerprint density at radius 2 is 1.78 bits per heavy atom. The van der Waals surface area contributed by atoms with Crippen LogP contribution in [0.1, 0.15) is 44.1 Å². The third-order valence-electron chi connectivity index (χ3n) is 5.66. The van der Waals surface area contributed by atoms with Crippen molar-refractivity contribution < 1.29 is 4.74 Å². The molecular formula is C23H29N3O. The van der Waals surface area contributed by atoms with Crippen LogP contribution in [-0.2, 0) is 13.0 Å². The van der Waals surface area contributed by atoms with Gasteiger partial charge >= 0.3 is 0 Å². The average Bonchev–Trinajstić information content (AvgIpc) is 3.36. The summed E-state index contributed by atoms with van der Waals surface area (Å²) in [5.41, 5.74) is 3.61. The Balaban J connectivity index is 1.53. The van der Waals surface area contributed by atoms with Crippen molar-refractivity contribution in [3.05, 3.63) is 59.9 Å². The number of benzene rings is 2. The first-order chi connectivity index (χ1) is 13.3. The molecule has 2 aromatic carbocycles. The molecule has 1 aromatic heterocycles. The second kappa shape index (κ2) is 8.13. The van der Waals surface area contributed by atoms with Gasteiger partial charge in [0, 0.05) is 0 Å². The van der Waals surface area contributed by atoms with Gasteiger partial charge in [0.25, 0.3) is 0 Å². The second-order valence-corrected chi connectivity index (χ2v) is 7.38. The molecule has 1 saturated heterocycles. The number of hydrogen-bond acceptors (Lipinski definition) is 3. The Bertz CT molecular complexity index is 878.